The Balaban J connectivity index is 2.45. The summed E-state index contributed by atoms with van der Waals surface area (Å²) in [5.74, 6) is -1.22. The van der Waals surface area contributed by atoms with Crippen LogP contribution in [0.5, 0.6) is 0 Å². The Morgan fingerprint density at radius 3 is 2.58 bits per heavy atom. The van der Waals surface area contributed by atoms with Gasteiger partial charge in [0, 0.05) is 17.7 Å². The standard InChI is InChI=1S/C12H18F2N2O2S/c1-9(11-5-4-10(13)8-12(11)14)16-6-3-7-19(17,18)15-2/h4-5,8-9,15-16H,3,6-7H2,1-2H3. The van der Waals surface area contributed by atoms with Crippen LogP contribution in [0.4, 0.5) is 8.78 Å². The summed E-state index contributed by atoms with van der Waals surface area (Å²) in [6, 6.07) is 3.10. The third kappa shape index (κ3) is 5.22. The van der Waals surface area contributed by atoms with Crippen molar-refractivity contribution in [3.8, 4) is 0 Å². The Labute approximate surface area is 112 Å². The van der Waals surface area contributed by atoms with Gasteiger partial charge in [-0.15, -0.1) is 0 Å². The molecule has 4 nitrogen and oxygen atoms in total. The molecule has 1 atom stereocenters. The quantitative estimate of drug-likeness (QED) is 0.750. The lowest BCUT2D eigenvalue weighted by Gasteiger charge is -2.15. The summed E-state index contributed by atoms with van der Waals surface area (Å²) in [7, 11) is -1.85. The van der Waals surface area contributed by atoms with Gasteiger partial charge < -0.3 is 5.32 Å². The van der Waals surface area contributed by atoms with Crippen LogP contribution in [-0.2, 0) is 10.0 Å². The molecule has 1 aromatic carbocycles. The molecule has 0 aliphatic rings. The van der Waals surface area contributed by atoms with E-state index in [4.69, 9.17) is 0 Å². The summed E-state index contributed by atoms with van der Waals surface area (Å²) in [4.78, 5) is 0. The van der Waals surface area contributed by atoms with Crippen LogP contribution in [0.1, 0.15) is 24.9 Å². The van der Waals surface area contributed by atoms with Crippen LogP contribution >= 0.6 is 0 Å². The molecule has 0 bridgehead atoms. The third-order valence-electron chi connectivity index (χ3n) is 2.78. The monoisotopic (exact) mass is 292 g/mol. The van der Waals surface area contributed by atoms with E-state index in [0.717, 1.165) is 6.07 Å². The molecule has 1 aromatic rings. The van der Waals surface area contributed by atoms with Crippen molar-refractivity contribution in [3.05, 3.63) is 35.4 Å². The fourth-order valence-corrected chi connectivity index (χ4v) is 2.37. The Bertz CT molecular complexity index is 520. The first-order chi connectivity index (χ1) is 8.85. The minimum atomic E-state index is -3.21. The number of nitrogens with one attached hydrogen (secondary N) is 2. The van der Waals surface area contributed by atoms with E-state index < -0.39 is 21.7 Å². The summed E-state index contributed by atoms with van der Waals surface area (Å²) < 4.78 is 50.8. The van der Waals surface area contributed by atoms with E-state index in [1.807, 2.05) is 0 Å². The number of benzene rings is 1. The van der Waals surface area contributed by atoms with Crippen LogP contribution in [0, 0.1) is 11.6 Å². The number of hydrogen-bond donors (Lipinski definition) is 2. The minimum absolute atomic E-state index is 0.00905. The van der Waals surface area contributed by atoms with Crippen molar-refractivity contribution in [2.45, 2.75) is 19.4 Å². The van der Waals surface area contributed by atoms with Crippen molar-refractivity contribution in [1.82, 2.24) is 10.0 Å². The first-order valence-corrected chi connectivity index (χ1v) is 7.60. The van der Waals surface area contributed by atoms with Gasteiger partial charge in [0.2, 0.25) is 10.0 Å². The molecular weight excluding hydrogens is 274 g/mol. The van der Waals surface area contributed by atoms with Crippen LogP contribution in [0.25, 0.3) is 0 Å². The summed E-state index contributed by atoms with van der Waals surface area (Å²) >= 11 is 0. The largest absolute Gasteiger partial charge is 0.310 e. The maximum absolute atomic E-state index is 13.5. The van der Waals surface area contributed by atoms with Gasteiger partial charge in [-0.3, -0.25) is 0 Å². The van der Waals surface area contributed by atoms with E-state index in [-0.39, 0.29) is 11.8 Å². The Hall–Kier alpha value is -1.05. The second kappa shape index (κ2) is 6.93. The van der Waals surface area contributed by atoms with Crippen LogP contribution in [0.3, 0.4) is 0 Å². The van der Waals surface area contributed by atoms with Crippen LogP contribution in [0.15, 0.2) is 18.2 Å². The van der Waals surface area contributed by atoms with E-state index in [1.54, 1.807) is 6.92 Å². The van der Waals surface area contributed by atoms with Gasteiger partial charge in [0.05, 0.1) is 5.75 Å². The molecule has 0 aromatic heterocycles. The SMILES string of the molecule is CNS(=O)(=O)CCCNC(C)c1ccc(F)cc1F. The van der Waals surface area contributed by atoms with Crippen molar-refractivity contribution in [1.29, 1.82) is 0 Å². The molecule has 108 valence electrons. The summed E-state index contributed by atoms with van der Waals surface area (Å²) in [5.41, 5.74) is 0.359. The van der Waals surface area contributed by atoms with E-state index in [0.29, 0.717) is 18.5 Å². The molecule has 0 aliphatic carbocycles. The fraction of sp³-hybridized carbons (Fsp3) is 0.500. The van der Waals surface area contributed by atoms with Gasteiger partial charge in [0.25, 0.3) is 0 Å². The van der Waals surface area contributed by atoms with Crippen molar-refractivity contribution >= 4 is 10.0 Å². The van der Waals surface area contributed by atoms with Gasteiger partial charge >= 0.3 is 0 Å². The van der Waals surface area contributed by atoms with Gasteiger partial charge in [0.1, 0.15) is 11.6 Å². The predicted molar refractivity (Wildman–Crippen MR) is 70.2 cm³/mol. The second-order valence-electron chi connectivity index (χ2n) is 4.22. The molecule has 2 N–H and O–H groups in total. The van der Waals surface area contributed by atoms with Gasteiger partial charge in [-0.2, -0.15) is 0 Å². The Kier molecular flexibility index (Phi) is 5.84. The highest BCUT2D eigenvalue weighted by atomic mass is 32.2. The molecule has 0 saturated carbocycles. The molecule has 7 heteroatoms. The summed E-state index contributed by atoms with van der Waals surface area (Å²) in [6.07, 6.45) is 0.413. The molecule has 0 amide bonds. The number of hydrogen-bond acceptors (Lipinski definition) is 3. The molecule has 0 fully saturated rings. The highest BCUT2D eigenvalue weighted by Crippen LogP contribution is 2.17. The molecule has 0 radical (unpaired) electrons. The van der Waals surface area contributed by atoms with Crippen LogP contribution in [-0.4, -0.2) is 27.8 Å². The Morgan fingerprint density at radius 1 is 1.32 bits per heavy atom. The highest BCUT2D eigenvalue weighted by molar-refractivity contribution is 7.89. The maximum Gasteiger partial charge on any atom is 0.211 e. The van der Waals surface area contributed by atoms with E-state index in [1.165, 1.54) is 19.2 Å². The zero-order chi connectivity index (χ0) is 14.5. The predicted octanol–water partition coefficient (Wildman–Crippen LogP) is 1.55. The number of halogens is 2. The van der Waals surface area contributed by atoms with E-state index >= 15 is 0 Å². The van der Waals surface area contributed by atoms with E-state index in [9.17, 15) is 17.2 Å². The molecule has 0 spiro atoms. The Morgan fingerprint density at radius 2 is 2.00 bits per heavy atom. The van der Waals surface area contributed by atoms with Crippen molar-refractivity contribution in [3.63, 3.8) is 0 Å². The smallest absolute Gasteiger partial charge is 0.211 e. The minimum Gasteiger partial charge on any atom is -0.310 e. The molecule has 0 aliphatic heterocycles. The summed E-state index contributed by atoms with van der Waals surface area (Å²) in [6.45, 7) is 2.17. The zero-order valence-corrected chi connectivity index (χ0v) is 11.7. The molecule has 19 heavy (non-hydrogen) atoms. The first kappa shape index (κ1) is 16.0. The van der Waals surface area contributed by atoms with Gasteiger partial charge in [-0.05, 0) is 33.0 Å². The summed E-state index contributed by atoms with van der Waals surface area (Å²) in [5, 5.41) is 3.00. The second-order valence-corrected chi connectivity index (χ2v) is 6.26. The molecule has 1 rings (SSSR count). The van der Waals surface area contributed by atoms with Gasteiger partial charge in [-0.25, -0.2) is 21.9 Å². The van der Waals surface area contributed by atoms with Crippen LogP contribution in [0.2, 0.25) is 0 Å². The van der Waals surface area contributed by atoms with E-state index in [2.05, 4.69) is 10.0 Å². The average molecular weight is 292 g/mol. The van der Waals surface area contributed by atoms with Gasteiger partial charge in [-0.1, -0.05) is 6.07 Å². The lowest BCUT2D eigenvalue weighted by Crippen LogP contribution is -2.26. The normalized spacial score (nSPS) is 13.5. The highest BCUT2D eigenvalue weighted by Gasteiger charge is 2.12. The first-order valence-electron chi connectivity index (χ1n) is 5.95. The maximum atomic E-state index is 13.5. The third-order valence-corrected chi connectivity index (χ3v) is 4.23. The molecule has 0 heterocycles. The van der Waals surface area contributed by atoms with Crippen LogP contribution < -0.4 is 10.0 Å². The molecule has 1 unspecified atom stereocenters. The van der Waals surface area contributed by atoms with Gasteiger partial charge in [0.15, 0.2) is 0 Å². The lowest BCUT2D eigenvalue weighted by molar-refractivity contribution is 0.515. The molecular formula is C12H18F2N2O2S. The fourth-order valence-electron chi connectivity index (χ4n) is 1.65. The number of sulfonamides is 1. The topological polar surface area (TPSA) is 58.2 Å². The number of rotatable bonds is 7. The zero-order valence-electron chi connectivity index (χ0n) is 10.9. The molecule has 0 saturated heterocycles. The van der Waals surface area contributed by atoms with Crippen molar-refractivity contribution in [2.75, 3.05) is 19.3 Å². The average Bonchev–Trinajstić information content (AvgIpc) is 2.34. The van der Waals surface area contributed by atoms with Crippen molar-refractivity contribution < 1.29 is 17.2 Å². The lowest BCUT2D eigenvalue weighted by atomic mass is 10.1. The van der Waals surface area contributed by atoms with Crippen molar-refractivity contribution in [2.24, 2.45) is 0 Å².